The molecule has 0 saturated carbocycles. The van der Waals surface area contributed by atoms with Crippen molar-refractivity contribution in [3.63, 3.8) is 0 Å². The number of fused-ring (bicyclic) bond motifs is 6. The third-order valence-electron chi connectivity index (χ3n) is 11.3. The average Bonchev–Trinajstić information content (AvgIpc) is 3.59. The van der Waals surface area contributed by atoms with Gasteiger partial charge in [0.05, 0.1) is 26.3 Å². The Morgan fingerprint density at radius 2 is 1.77 bits per heavy atom. The lowest BCUT2D eigenvalue weighted by Gasteiger charge is -2.55. The van der Waals surface area contributed by atoms with Crippen LogP contribution in [0.1, 0.15) is 76.5 Å². The Bertz CT molecular complexity index is 1950. The molecule has 3 N–H and O–H groups in total. The van der Waals surface area contributed by atoms with Gasteiger partial charge in [-0.05, 0) is 82.0 Å². The van der Waals surface area contributed by atoms with Crippen LogP contribution >= 0.6 is 0 Å². The van der Waals surface area contributed by atoms with Gasteiger partial charge in [-0.25, -0.2) is 4.79 Å². The van der Waals surface area contributed by atoms with Crippen molar-refractivity contribution in [1.82, 2.24) is 15.1 Å². The topological polar surface area (TPSA) is 148 Å². The Balaban J connectivity index is 1.32. The highest BCUT2D eigenvalue weighted by atomic mass is 16.7. The number of carbonyl (C=O) groups excluding carboxylic acids is 2. The SMILES string of the molecule is COc1cc2c(cc1O)CCNC2C(=O)OCC(c1c(C)c(OC(C)=O)c(C)c2c1OCO2)N1CC2Cc3cc(C)c(OC)c(O)c3C(C1C)N2C. The molecule has 0 spiro atoms. The molecule has 3 aromatic rings. The number of aryl methyl sites for hydroxylation is 1. The van der Waals surface area contributed by atoms with E-state index in [9.17, 15) is 19.8 Å². The van der Waals surface area contributed by atoms with Gasteiger partial charge in [0.15, 0.2) is 34.5 Å². The molecule has 4 aliphatic heterocycles. The molecule has 7 rings (SSSR count). The molecule has 52 heavy (non-hydrogen) atoms. The van der Waals surface area contributed by atoms with E-state index in [2.05, 4.69) is 35.2 Å². The predicted octanol–water partition coefficient (Wildman–Crippen LogP) is 4.47. The van der Waals surface area contributed by atoms with Crippen LogP contribution in [-0.2, 0) is 27.2 Å². The first-order valence-corrected chi connectivity index (χ1v) is 17.6. The summed E-state index contributed by atoms with van der Waals surface area (Å²) in [6.07, 6.45) is 1.32. The van der Waals surface area contributed by atoms with Crippen molar-refractivity contribution in [3.8, 4) is 40.2 Å². The fourth-order valence-corrected chi connectivity index (χ4v) is 8.90. The van der Waals surface area contributed by atoms with Gasteiger partial charge in [0, 0.05) is 54.4 Å². The number of phenols is 2. The maximum atomic E-state index is 14.1. The van der Waals surface area contributed by atoms with Crippen molar-refractivity contribution in [2.45, 2.75) is 77.7 Å². The maximum Gasteiger partial charge on any atom is 0.327 e. The van der Waals surface area contributed by atoms with Gasteiger partial charge in [-0.3, -0.25) is 14.6 Å². The number of esters is 2. The molecule has 5 unspecified atom stereocenters. The summed E-state index contributed by atoms with van der Waals surface area (Å²) in [6, 6.07) is 3.69. The van der Waals surface area contributed by atoms with Gasteiger partial charge in [0.25, 0.3) is 0 Å². The highest BCUT2D eigenvalue weighted by Crippen LogP contribution is 2.53. The third-order valence-corrected chi connectivity index (χ3v) is 11.3. The zero-order chi connectivity index (χ0) is 37.2. The summed E-state index contributed by atoms with van der Waals surface area (Å²) in [4.78, 5) is 31.1. The zero-order valence-electron chi connectivity index (χ0n) is 30.9. The second-order valence-corrected chi connectivity index (χ2v) is 14.2. The van der Waals surface area contributed by atoms with Gasteiger partial charge in [-0.1, -0.05) is 6.07 Å². The number of benzene rings is 3. The van der Waals surface area contributed by atoms with Gasteiger partial charge in [-0.2, -0.15) is 0 Å². The molecule has 1 fully saturated rings. The standard InChI is InChI=1S/C39H47N3O10/c1-18-11-24-12-25-15-42(21(4)33(41(25)6)31(24)34(45)35(18)48-8)27(30-19(2)36(52-22(5)43)20(3)37-38(30)51-17-50-37)16-49-39(46)32-26-14-29(47-7)28(44)13-23(26)9-10-40-32/h11,13-14,21,25,27,32-33,40,44-45H,9-10,12,15-17H2,1-8H3. The average molecular weight is 718 g/mol. The smallest absolute Gasteiger partial charge is 0.327 e. The predicted molar refractivity (Wildman–Crippen MR) is 190 cm³/mol. The monoisotopic (exact) mass is 717 g/mol. The van der Waals surface area contributed by atoms with Crippen molar-refractivity contribution >= 4 is 11.9 Å². The van der Waals surface area contributed by atoms with Gasteiger partial charge < -0.3 is 44.0 Å². The first kappa shape index (κ1) is 35.7. The van der Waals surface area contributed by atoms with Crippen LogP contribution in [0.5, 0.6) is 40.2 Å². The molecule has 278 valence electrons. The lowest BCUT2D eigenvalue weighted by molar-refractivity contribution is -0.150. The summed E-state index contributed by atoms with van der Waals surface area (Å²) in [5.74, 6) is 1.29. The lowest BCUT2D eigenvalue weighted by atomic mass is 9.79. The van der Waals surface area contributed by atoms with Crippen LogP contribution in [0.15, 0.2) is 18.2 Å². The zero-order valence-corrected chi connectivity index (χ0v) is 30.9. The molecule has 3 aromatic carbocycles. The van der Waals surface area contributed by atoms with Gasteiger partial charge in [0.1, 0.15) is 18.4 Å². The number of likely N-dealkylation sites (N-methyl/N-ethyl adjacent to an activating group) is 1. The lowest BCUT2D eigenvalue weighted by Crippen LogP contribution is -2.61. The minimum Gasteiger partial charge on any atom is -0.504 e. The van der Waals surface area contributed by atoms with Crippen molar-refractivity contribution < 1.29 is 48.2 Å². The molecule has 0 amide bonds. The van der Waals surface area contributed by atoms with Crippen LogP contribution in [0.4, 0.5) is 0 Å². The van der Waals surface area contributed by atoms with E-state index in [1.807, 2.05) is 20.8 Å². The molecule has 0 radical (unpaired) electrons. The fraction of sp³-hybridized carbons (Fsp3) is 0.487. The minimum absolute atomic E-state index is 0.0137. The van der Waals surface area contributed by atoms with Gasteiger partial charge in [0.2, 0.25) is 6.79 Å². The summed E-state index contributed by atoms with van der Waals surface area (Å²) in [7, 11) is 5.11. The Labute approximate surface area is 303 Å². The van der Waals surface area contributed by atoms with Gasteiger partial charge >= 0.3 is 11.9 Å². The Morgan fingerprint density at radius 1 is 1.02 bits per heavy atom. The number of hydrogen-bond donors (Lipinski definition) is 3. The molecule has 0 aliphatic carbocycles. The van der Waals surface area contributed by atoms with Crippen molar-refractivity contribution in [3.05, 3.63) is 62.7 Å². The number of nitrogens with zero attached hydrogens (tertiary/aromatic N) is 2. The second-order valence-electron chi connectivity index (χ2n) is 14.2. The molecular formula is C39H47N3O10. The number of aromatic hydroxyl groups is 2. The van der Waals surface area contributed by atoms with Crippen molar-refractivity contribution in [1.29, 1.82) is 0 Å². The van der Waals surface area contributed by atoms with E-state index >= 15 is 0 Å². The number of phenolic OH excluding ortho intramolecular Hbond substituents is 2. The van der Waals surface area contributed by atoms with E-state index in [0.717, 1.165) is 22.3 Å². The van der Waals surface area contributed by atoms with E-state index < -0.39 is 24.0 Å². The van der Waals surface area contributed by atoms with E-state index in [1.54, 1.807) is 19.2 Å². The number of methoxy groups -OCH3 is 2. The largest absolute Gasteiger partial charge is 0.504 e. The number of nitrogens with one attached hydrogen (secondary N) is 1. The number of rotatable bonds is 8. The fourth-order valence-electron chi connectivity index (χ4n) is 8.90. The van der Waals surface area contributed by atoms with Crippen molar-refractivity contribution in [2.75, 3.05) is 47.8 Å². The Kier molecular flexibility index (Phi) is 9.39. The van der Waals surface area contributed by atoms with Crippen LogP contribution < -0.4 is 29.0 Å². The van der Waals surface area contributed by atoms with E-state index in [-0.39, 0.29) is 48.8 Å². The van der Waals surface area contributed by atoms with Crippen molar-refractivity contribution in [2.24, 2.45) is 0 Å². The molecule has 13 heteroatoms. The van der Waals surface area contributed by atoms with Gasteiger partial charge in [-0.15, -0.1) is 0 Å². The summed E-state index contributed by atoms with van der Waals surface area (Å²) in [6.45, 7) is 10.2. The number of carbonyl (C=O) groups is 2. The normalized spacial score (nSPS) is 22.6. The van der Waals surface area contributed by atoms with E-state index in [1.165, 1.54) is 14.0 Å². The highest BCUT2D eigenvalue weighted by Gasteiger charge is 2.48. The summed E-state index contributed by atoms with van der Waals surface area (Å²) in [5, 5.41) is 25.3. The third kappa shape index (κ3) is 5.75. The summed E-state index contributed by atoms with van der Waals surface area (Å²) in [5.41, 5.74) is 6.32. The number of hydrogen-bond acceptors (Lipinski definition) is 13. The molecule has 2 bridgehead atoms. The molecule has 5 atom stereocenters. The molecule has 4 aliphatic rings. The van der Waals surface area contributed by atoms with Crippen LogP contribution in [0.3, 0.4) is 0 Å². The second kappa shape index (κ2) is 13.7. The summed E-state index contributed by atoms with van der Waals surface area (Å²) >= 11 is 0. The Morgan fingerprint density at radius 3 is 2.48 bits per heavy atom. The molecular weight excluding hydrogens is 670 g/mol. The van der Waals surface area contributed by atoms with E-state index in [4.69, 9.17) is 28.4 Å². The first-order valence-electron chi connectivity index (χ1n) is 17.6. The molecule has 13 nitrogen and oxygen atoms in total. The van der Waals surface area contributed by atoms with Crippen LogP contribution in [-0.4, -0.2) is 91.8 Å². The maximum absolute atomic E-state index is 14.1. The molecule has 0 aromatic heterocycles. The van der Waals surface area contributed by atoms with Crippen LogP contribution in [0, 0.1) is 20.8 Å². The Hall–Kier alpha value is -4.72. The minimum atomic E-state index is -0.788. The molecule has 1 saturated heterocycles. The number of ether oxygens (including phenoxy) is 6. The van der Waals surface area contributed by atoms with Crippen LogP contribution in [0.2, 0.25) is 0 Å². The first-order chi connectivity index (χ1) is 24.9. The quantitative estimate of drug-likeness (QED) is 0.223. The highest BCUT2D eigenvalue weighted by molar-refractivity contribution is 5.79. The van der Waals surface area contributed by atoms with E-state index in [0.29, 0.717) is 71.2 Å². The molecule has 4 heterocycles. The van der Waals surface area contributed by atoms with Crippen LogP contribution in [0.25, 0.3) is 0 Å². The summed E-state index contributed by atoms with van der Waals surface area (Å²) < 4.78 is 35.2. The number of piperazine rings is 1.